The monoisotopic (exact) mass is 259 g/mol. The molecule has 78 valence electrons. The van der Waals surface area contributed by atoms with E-state index in [4.69, 9.17) is 9.52 Å². The minimum Gasteiger partial charge on any atom is -0.453 e. The highest BCUT2D eigenvalue weighted by Gasteiger charge is 2.06. The van der Waals surface area contributed by atoms with Gasteiger partial charge in [0.25, 0.3) is 0 Å². The normalized spacial score (nSPS) is 10.8. The van der Waals surface area contributed by atoms with Gasteiger partial charge in [0.15, 0.2) is 4.67 Å². The first-order chi connectivity index (χ1) is 6.76. The Kier molecular flexibility index (Phi) is 4.93. The number of aliphatic hydroxyl groups excluding tert-OH is 1. The van der Waals surface area contributed by atoms with E-state index in [2.05, 4.69) is 27.4 Å². The van der Waals surface area contributed by atoms with Crippen molar-refractivity contribution in [3.05, 3.63) is 35.2 Å². The van der Waals surface area contributed by atoms with E-state index < -0.39 is 0 Å². The molecule has 0 atom stereocenters. The molecule has 0 unspecified atom stereocenters. The predicted octanol–water partition coefficient (Wildman–Crippen LogP) is 2.02. The molecule has 0 fully saturated rings. The lowest BCUT2D eigenvalue weighted by Gasteiger charge is -2.17. The Labute approximate surface area is 92.1 Å². The maximum absolute atomic E-state index is 8.83. The molecule has 0 bridgehead atoms. The highest BCUT2D eigenvalue weighted by Crippen LogP contribution is 2.15. The Morgan fingerprint density at radius 1 is 1.57 bits per heavy atom. The molecule has 0 spiro atoms. The molecule has 0 saturated carbocycles. The van der Waals surface area contributed by atoms with Crippen molar-refractivity contribution in [2.75, 3.05) is 19.7 Å². The largest absolute Gasteiger partial charge is 0.453 e. The lowest BCUT2D eigenvalue weighted by molar-refractivity contribution is 0.193. The molecule has 0 aliphatic heterocycles. The summed E-state index contributed by atoms with van der Waals surface area (Å²) < 4.78 is 6.10. The van der Waals surface area contributed by atoms with E-state index in [1.54, 1.807) is 0 Å². The summed E-state index contributed by atoms with van der Waals surface area (Å²) in [6.07, 6.45) is 1.81. The third kappa shape index (κ3) is 3.65. The number of nitrogens with zero attached hydrogens (tertiary/aromatic N) is 1. The molecule has 0 saturated heterocycles. The second-order valence-corrected chi connectivity index (χ2v) is 3.73. The van der Waals surface area contributed by atoms with Crippen LogP contribution in [0.25, 0.3) is 0 Å². The quantitative estimate of drug-likeness (QED) is 0.795. The predicted molar refractivity (Wildman–Crippen MR) is 59.0 cm³/mol. The SMILES string of the molecule is C=CCN(CCO)Cc1ccc(Br)o1. The van der Waals surface area contributed by atoms with Crippen molar-refractivity contribution in [3.63, 3.8) is 0 Å². The fraction of sp³-hybridized carbons (Fsp3) is 0.400. The molecule has 0 radical (unpaired) electrons. The van der Waals surface area contributed by atoms with Gasteiger partial charge in [-0.15, -0.1) is 6.58 Å². The van der Waals surface area contributed by atoms with E-state index in [0.717, 1.165) is 17.0 Å². The molecule has 0 aromatic carbocycles. The van der Waals surface area contributed by atoms with Crippen LogP contribution in [0.5, 0.6) is 0 Å². The lowest BCUT2D eigenvalue weighted by Crippen LogP contribution is -2.26. The van der Waals surface area contributed by atoms with E-state index in [1.165, 1.54) is 0 Å². The van der Waals surface area contributed by atoms with Gasteiger partial charge in [0.2, 0.25) is 0 Å². The fourth-order valence-corrected chi connectivity index (χ4v) is 1.56. The van der Waals surface area contributed by atoms with Crippen LogP contribution in [0.15, 0.2) is 33.9 Å². The summed E-state index contributed by atoms with van der Waals surface area (Å²) in [6.45, 7) is 5.89. The zero-order chi connectivity index (χ0) is 10.4. The van der Waals surface area contributed by atoms with E-state index in [9.17, 15) is 0 Å². The van der Waals surface area contributed by atoms with Crippen molar-refractivity contribution in [2.45, 2.75) is 6.54 Å². The zero-order valence-corrected chi connectivity index (χ0v) is 9.53. The number of halogens is 1. The number of rotatable bonds is 6. The molecule has 1 aromatic heterocycles. The van der Waals surface area contributed by atoms with E-state index >= 15 is 0 Å². The van der Waals surface area contributed by atoms with Gasteiger partial charge in [0.1, 0.15) is 5.76 Å². The van der Waals surface area contributed by atoms with Gasteiger partial charge < -0.3 is 9.52 Å². The first-order valence-electron chi connectivity index (χ1n) is 4.44. The molecule has 4 heteroatoms. The second-order valence-electron chi connectivity index (χ2n) is 2.95. The van der Waals surface area contributed by atoms with Crippen molar-refractivity contribution in [2.24, 2.45) is 0 Å². The van der Waals surface area contributed by atoms with E-state index in [1.807, 2.05) is 18.2 Å². The minimum absolute atomic E-state index is 0.149. The molecule has 0 aliphatic rings. The molecular weight excluding hydrogens is 246 g/mol. The smallest absolute Gasteiger partial charge is 0.169 e. The molecule has 3 nitrogen and oxygen atoms in total. The summed E-state index contributed by atoms with van der Waals surface area (Å²) in [4.78, 5) is 2.05. The minimum atomic E-state index is 0.149. The van der Waals surface area contributed by atoms with Crippen LogP contribution in [-0.2, 0) is 6.54 Å². The Balaban J connectivity index is 2.49. The Bertz CT molecular complexity index is 285. The van der Waals surface area contributed by atoms with Crippen LogP contribution in [0.4, 0.5) is 0 Å². The second kappa shape index (κ2) is 6.01. The number of hydrogen-bond donors (Lipinski definition) is 1. The van der Waals surface area contributed by atoms with Gasteiger partial charge in [-0.05, 0) is 28.1 Å². The standard InChI is InChI=1S/C10H14BrNO2/c1-2-5-12(6-7-13)8-9-3-4-10(11)14-9/h2-4,13H,1,5-8H2. The van der Waals surface area contributed by atoms with Gasteiger partial charge in [-0.2, -0.15) is 0 Å². The summed E-state index contributed by atoms with van der Waals surface area (Å²) in [7, 11) is 0. The average Bonchev–Trinajstić information content (AvgIpc) is 2.52. The molecule has 0 amide bonds. The zero-order valence-electron chi connectivity index (χ0n) is 7.95. The van der Waals surface area contributed by atoms with Gasteiger partial charge in [-0.25, -0.2) is 0 Å². The molecule has 1 aromatic rings. The third-order valence-corrected chi connectivity index (χ3v) is 2.24. The van der Waals surface area contributed by atoms with Crippen LogP contribution < -0.4 is 0 Å². The van der Waals surface area contributed by atoms with Gasteiger partial charge in [0, 0.05) is 13.1 Å². The molecule has 1 rings (SSSR count). The summed E-state index contributed by atoms with van der Waals surface area (Å²) in [6, 6.07) is 3.78. The topological polar surface area (TPSA) is 36.6 Å². The Morgan fingerprint density at radius 3 is 2.86 bits per heavy atom. The molecule has 14 heavy (non-hydrogen) atoms. The summed E-state index contributed by atoms with van der Waals surface area (Å²) >= 11 is 3.25. The van der Waals surface area contributed by atoms with Crippen LogP contribution in [0.1, 0.15) is 5.76 Å². The highest BCUT2D eigenvalue weighted by molar-refractivity contribution is 9.10. The first-order valence-corrected chi connectivity index (χ1v) is 5.24. The third-order valence-electron chi connectivity index (χ3n) is 1.81. The maximum Gasteiger partial charge on any atom is 0.169 e. The number of hydrogen-bond acceptors (Lipinski definition) is 3. The fourth-order valence-electron chi connectivity index (χ4n) is 1.22. The van der Waals surface area contributed by atoms with Crippen molar-refractivity contribution < 1.29 is 9.52 Å². The van der Waals surface area contributed by atoms with Crippen LogP contribution in [0, 0.1) is 0 Å². The Morgan fingerprint density at radius 2 is 2.36 bits per heavy atom. The summed E-state index contributed by atoms with van der Waals surface area (Å²) in [5.74, 6) is 0.882. The molecular formula is C10H14BrNO2. The van der Waals surface area contributed by atoms with Gasteiger partial charge >= 0.3 is 0 Å². The van der Waals surface area contributed by atoms with Crippen LogP contribution in [0.2, 0.25) is 0 Å². The summed E-state index contributed by atoms with van der Waals surface area (Å²) in [5.41, 5.74) is 0. The average molecular weight is 260 g/mol. The van der Waals surface area contributed by atoms with Crippen LogP contribution in [-0.4, -0.2) is 29.7 Å². The number of aliphatic hydroxyl groups is 1. The van der Waals surface area contributed by atoms with Gasteiger partial charge in [0.05, 0.1) is 13.2 Å². The number of furan rings is 1. The van der Waals surface area contributed by atoms with Crippen molar-refractivity contribution in [1.29, 1.82) is 0 Å². The van der Waals surface area contributed by atoms with Gasteiger partial charge in [-0.3, -0.25) is 4.90 Å². The van der Waals surface area contributed by atoms with Gasteiger partial charge in [-0.1, -0.05) is 6.08 Å². The van der Waals surface area contributed by atoms with E-state index in [0.29, 0.717) is 13.1 Å². The highest BCUT2D eigenvalue weighted by atomic mass is 79.9. The maximum atomic E-state index is 8.83. The van der Waals surface area contributed by atoms with Crippen molar-refractivity contribution in [1.82, 2.24) is 4.90 Å². The molecule has 1 N–H and O–H groups in total. The van der Waals surface area contributed by atoms with Crippen molar-refractivity contribution >= 4 is 15.9 Å². The van der Waals surface area contributed by atoms with Crippen molar-refractivity contribution in [3.8, 4) is 0 Å². The molecule has 0 aliphatic carbocycles. The van der Waals surface area contributed by atoms with E-state index in [-0.39, 0.29) is 6.61 Å². The molecule has 1 heterocycles. The Hall–Kier alpha value is -0.580. The lowest BCUT2D eigenvalue weighted by atomic mass is 10.4. The van der Waals surface area contributed by atoms with Crippen LogP contribution >= 0.6 is 15.9 Å². The van der Waals surface area contributed by atoms with Crippen LogP contribution in [0.3, 0.4) is 0 Å². The first kappa shape index (κ1) is 11.5. The summed E-state index contributed by atoms with van der Waals surface area (Å²) in [5, 5.41) is 8.83.